The quantitative estimate of drug-likeness (QED) is 0.814. The Bertz CT molecular complexity index is 475. The Hall–Kier alpha value is -0.870. The van der Waals surface area contributed by atoms with Gasteiger partial charge in [-0.25, -0.2) is 0 Å². The largest absolute Gasteiger partial charge is 0.397 e. The van der Waals surface area contributed by atoms with Gasteiger partial charge in [0.25, 0.3) is 0 Å². The molecule has 1 saturated carbocycles. The number of rotatable bonds is 4. The van der Waals surface area contributed by atoms with Crippen molar-refractivity contribution in [1.29, 1.82) is 0 Å². The molecule has 5 heteroatoms. The van der Waals surface area contributed by atoms with Gasteiger partial charge in [-0.05, 0) is 38.0 Å². The lowest BCUT2D eigenvalue weighted by Gasteiger charge is -2.23. The van der Waals surface area contributed by atoms with Gasteiger partial charge in [0.15, 0.2) is 0 Å². The molecule has 110 valence electrons. The van der Waals surface area contributed by atoms with Gasteiger partial charge in [0, 0.05) is 10.9 Å². The summed E-state index contributed by atoms with van der Waals surface area (Å²) in [6.45, 7) is 1.97. The van der Waals surface area contributed by atoms with Gasteiger partial charge in [0.1, 0.15) is 0 Å². The van der Waals surface area contributed by atoms with Gasteiger partial charge in [-0.2, -0.15) is 0 Å². The molecule has 0 bridgehead atoms. The second-order valence-corrected chi connectivity index (χ2v) is 7.32. The van der Waals surface area contributed by atoms with E-state index in [-0.39, 0.29) is 11.2 Å². The molecule has 3 N–H and O–H groups in total. The summed E-state index contributed by atoms with van der Waals surface area (Å²) in [6, 6.07) is 5.16. The highest BCUT2D eigenvalue weighted by atomic mass is 35.5. The van der Waals surface area contributed by atoms with Crippen LogP contribution in [0.2, 0.25) is 5.02 Å². The van der Waals surface area contributed by atoms with Crippen molar-refractivity contribution in [2.45, 2.75) is 49.5 Å². The van der Waals surface area contributed by atoms with Gasteiger partial charge in [0.2, 0.25) is 5.91 Å². The van der Waals surface area contributed by atoms with E-state index in [0.717, 1.165) is 0 Å². The molecule has 1 aromatic carbocycles. The molecule has 1 aliphatic carbocycles. The highest BCUT2D eigenvalue weighted by molar-refractivity contribution is 8.01. The molecule has 0 saturated heterocycles. The van der Waals surface area contributed by atoms with Gasteiger partial charge >= 0.3 is 0 Å². The summed E-state index contributed by atoms with van der Waals surface area (Å²) in [5.41, 5.74) is 6.92. The Balaban J connectivity index is 1.88. The van der Waals surface area contributed by atoms with Crippen LogP contribution >= 0.6 is 23.4 Å². The fraction of sp³-hybridized carbons (Fsp3) is 0.533. The lowest BCUT2D eigenvalue weighted by molar-refractivity contribution is -0.115. The van der Waals surface area contributed by atoms with Crippen molar-refractivity contribution >= 4 is 40.6 Å². The fourth-order valence-corrected chi connectivity index (χ4v) is 3.90. The molecule has 0 aliphatic heterocycles. The number of hydrogen-bond acceptors (Lipinski definition) is 3. The van der Waals surface area contributed by atoms with E-state index < -0.39 is 0 Å². The summed E-state index contributed by atoms with van der Waals surface area (Å²) in [7, 11) is 0. The monoisotopic (exact) mass is 312 g/mol. The SMILES string of the molecule is CC(SC1CCCCC1)C(=O)Nc1ccc(Cl)c(N)c1. The number of benzene rings is 1. The van der Waals surface area contributed by atoms with E-state index in [0.29, 0.717) is 21.6 Å². The van der Waals surface area contributed by atoms with Crippen LogP contribution in [0.5, 0.6) is 0 Å². The first-order valence-electron chi connectivity index (χ1n) is 7.07. The molecule has 1 aliphatic rings. The number of amides is 1. The van der Waals surface area contributed by atoms with E-state index in [1.54, 1.807) is 30.0 Å². The topological polar surface area (TPSA) is 55.1 Å². The Morgan fingerprint density at radius 2 is 2.10 bits per heavy atom. The van der Waals surface area contributed by atoms with Crippen LogP contribution in [0.3, 0.4) is 0 Å². The Morgan fingerprint density at radius 3 is 2.75 bits per heavy atom. The molecule has 1 aromatic rings. The average Bonchev–Trinajstić information content (AvgIpc) is 2.44. The zero-order valence-corrected chi connectivity index (χ0v) is 13.3. The number of nitrogens with two attached hydrogens (primary N) is 1. The van der Waals surface area contributed by atoms with Crippen molar-refractivity contribution in [3.8, 4) is 0 Å². The van der Waals surface area contributed by atoms with Crippen molar-refractivity contribution in [2.75, 3.05) is 11.1 Å². The molecule has 2 rings (SSSR count). The van der Waals surface area contributed by atoms with Crippen molar-refractivity contribution in [3.63, 3.8) is 0 Å². The van der Waals surface area contributed by atoms with Gasteiger partial charge in [0.05, 0.1) is 16.0 Å². The van der Waals surface area contributed by atoms with E-state index in [4.69, 9.17) is 17.3 Å². The molecule has 1 fully saturated rings. The zero-order valence-electron chi connectivity index (χ0n) is 11.7. The molecular weight excluding hydrogens is 292 g/mol. The molecular formula is C15H21ClN2OS. The summed E-state index contributed by atoms with van der Waals surface area (Å²) in [4.78, 5) is 12.2. The van der Waals surface area contributed by atoms with E-state index in [2.05, 4.69) is 5.32 Å². The minimum absolute atomic E-state index is 0.0299. The highest BCUT2D eigenvalue weighted by Crippen LogP contribution is 2.31. The van der Waals surface area contributed by atoms with E-state index in [9.17, 15) is 4.79 Å². The number of hydrogen-bond donors (Lipinski definition) is 2. The predicted molar refractivity (Wildman–Crippen MR) is 88.4 cm³/mol. The highest BCUT2D eigenvalue weighted by Gasteiger charge is 2.21. The lowest BCUT2D eigenvalue weighted by Crippen LogP contribution is -2.25. The number of nitrogen functional groups attached to an aromatic ring is 1. The van der Waals surface area contributed by atoms with E-state index in [1.165, 1.54) is 32.1 Å². The Kier molecular flexibility index (Phi) is 5.61. The zero-order chi connectivity index (χ0) is 14.5. The minimum atomic E-state index is -0.0463. The number of halogens is 1. The third-order valence-corrected chi connectivity index (χ3v) is 5.40. The summed E-state index contributed by atoms with van der Waals surface area (Å²) in [5, 5.41) is 3.99. The normalized spacial score (nSPS) is 17.7. The summed E-state index contributed by atoms with van der Waals surface area (Å²) in [6.07, 6.45) is 6.38. The van der Waals surface area contributed by atoms with Gasteiger partial charge in [-0.3, -0.25) is 4.79 Å². The summed E-state index contributed by atoms with van der Waals surface area (Å²) >= 11 is 7.65. The first-order chi connectivity index (χ1) is 9.56. The molecule has 0 spiro atoms. The molecule has 20 heavy (non-hydrogen) atoms. The molecule has 1 atom stereocenters. The number of carbonyl (C=O) groups excluding carboxylic acids is 1. The van der Waals surface area contributed by atoms with Crippen molar-refractivity contribution in [3.05, 3.63) is 23.2 Å². The van der Waals surface area contributed by atoms with E-state index in [1.807, 2.05) is 6.92 Å². The number of anilines is 2. The fourth-order valence-electron chi connectivity index (χ4n) is 2.42. The van der Waals surface area contributed by atoms with Crippen LogP contribution in [0.1, 0.15) is 39.0 Å². The van der Waals surface area contributed by atoms with Crippen LogP contribution in [0.4, 0.5) is 11.4 Å². The molecule has 3 nitrogen and oxygen atoms in total. The van der Waals surface area contributed by atoms with Gasteiger partial charge in [-0.15, -0.1) is 11.8 Å². The second kappa shape index (κ2) is 7.23. The van der Waals surface area contributed by atoms with Crippen LogP contribution in [-0.4, -0.2) is 16.4 Å². The molecule has 0 radical (unpaired) electrons. The van der Waals surface area contributed by atoms with Crippen molar-refractivity contribution < 1.29 is 4.79 Å². The third kappa shape index (κ3) is 4.32. The van der Waals surface area contributed by atoms with Crippen molar-refractivity contribution in [1.82, 2.24) is 0 Å². The average molecular weight is 313 g/mol. The minimum Gasteiger partial charge on any atom is -0.397 e. The van der Waals surface area contributed by atoms with Crippen LogP contribution in [0.25, 0.3) is 0 Å². The van der Waals surface area contributed by atoms with Crippen LogP contribution in [0.15, 0.2) is 18.2 Å². The maximum Gasteiger partial charge on any atom is 0.237 e. The summed E-state index contributed by atoms with van der Waals surface area (Å²) in [5.74, 6) is 0.0299. The lowest BCUT2D eigenvalue weighted by atomic mass is 10.0. The standard InChI is InChI=1S/C15H21ClN2OS/c1-10(20-12-5-3-2-4-6-12)15(19)18-11-7-8-13(16)14(17)9-11/h7-10,12H,2-6,17H2,1H3,(H,18,19). The third-order valence-electron chi connectivity index (χ3n) is 3.58. The van der Waals surface area contributed by atoms with Crippen LogP contribution in [0, 0.1) is 0 Å². The van der Waals surface area contributed by atoms with Gasteiger partial charge in [-0.1, -0.05) is 30.9 Å². The molecule has 1 amide bonds. The molecule has 1 unspecified atom stereocenters. The first kappa shape index (κ1) is 15.5. The van der Waals surface area contributed by atoms with Crippen LogP contribution in [-0.2, 0) is 4.79 Å². The van der Waals surface area contributed by atoms with Crippen LogP contribution < -0.4 is 11.1 Å². The molecule has 0 aromatic heterocycles. The first-order valence-corrected chi connectivity index (χ1v) is 8.39. The number of thioether (sulfide) groups is 1. The Labute approximate surface area is 129 Å². The van der Waals surface area contributed by atoms with Crippen molar-refractivity contribution in [2.24, 2.45) is 0 Å². The maximum atomic E-state index is 12.2. The second-order valence-electron chi connectivity index (χ2n) is 5.26. The smallest absolute Gasteiger partial charge is 0.237 e. The number of nitrogens with one attached hydrogen (secondary N) is 1. The summed E-state index contributed by atoms with van der Waals surface area (Å²) < 4.78 is 0. The van der Waals surface area contributed by atoms with Gasteiger partial charge < -0.3 is 11.1 Å². The number of carbonyl (C=O) groups is 1. The predicted octanol–water partition coefficient (Wildman–Crippen LogP) is 4.32. The maximum absolute atomic E-state index is 12.2. The van der Waals surface area contributed by atoms with E-state index >= 15 is 0 Å². The molecule has 0 heterocycles. The Morgan fingerprint density at radius 1 is 1.40 bits per heavy atom.